The second-order valence-electron chi connectivity index (χ2n) is 10.7. The maximum atomic E-state index is 9.63. The van der Waals surface area contributed by atoms with Crippen molar-refractivity contribution >= 4 is 46.7 Å². The molecule has 6 rings (SSSR count). The molecule has 2 aliphatic rings. The average Bonchev–Trinajstić information content (AvgIpc) is 2.99. The highest BCUT2D eigenvalue weighted by atomic mass is 35.5. The van der Waals surface area contributed by atoms with E-state index in [2.05, 4.69) is 30.6 Å². The Balaban J connectivity index is 0.000000175. The third-order valence-electron chi connectivity index (χ3n) is 7.31. The number of anilines is 4. The summed E-state index contributed by atoms with van der Waals surface area (Å²) in [4.78, 5) is 16.3. The molecule has 12 nitrogen and oxygen atoms in total. The van der Waals surface area contributed by atoms with Gasteiger partial charge in [0.1, 0.15) is 11.5 Å². The Hall–Kier alpha value is -4.10. The molecule has 232 valence electrons. The minimum absolute atomic E-state index is 0.167. The Morgan fingerprint density at radius 3 is 1.61 bits per heavy atom. The van der Waals surface area contributed by atoms with Crippen LogP contribution in [0.15, 0.2) is 60.9 Å². The van der Waals surface area contributed by atoms with Gasteiger partial charge < -0.3 is 41.8 Å². The zero-order chi connectivity index (χ0) is 31.1. The SMILES string of the molecule is Nc1ncc(Oc2ccc(Cl)cc2)c(NCC2CC(O)C2)n1.Nc1ncc(Oc2ccc(Cl)cc2)c(NCC2CCC2O)n1. The number of rotatable bonds is 10. The smallest absolute Gasteiger partial charge is 0.222 e. The lowest BCUT2D eigenvalue weighted by Crippen LogP contribution is -2.36. The third kappa shape index (κ3) is 8.73. The number of aliphatic hydroxyl groups is 2. The number of benzene rings is 2. The van der Waals surface area contributed by atoms with Crippen molar-refractivity contribution in [2.24, 2.45) is 11.8 Å². The van der Waals surface area contributed by atoms with Gasteiger partial charge in [0.25, 0.3) is 0 Å². The molecular formula is C30H34Cl2N8O4. The van der Waals surface area contributed by atoms with Gasteiger partial charge in [-0.3, -0.25) is 0 Å². The van der Waals surface area contributed by atoms with Gasteiger partial charge in [0.05, 0.1) is 24.6 Å². The zero-order valence-electron chi connectivity index (χ0n) is 23.7. The van der Waals surface area contributed by atoms with E-state index in [1.807, 2.05) is 0 Å². The summed E-state index contributed by atoms with van der Waals surface area (Å²) in [6, 6.07) is 14.0. The lowest BCUT2D eigenvalue weighted by Gasteiger charge is -2.32. The van der Waals surface area contributed by atoms with Gasteiger partial charge >= 0.3 is 0 Å². The summed E-state index contributed by atoms with van der Waals surface area (Å²) in [5.74, 6) is 4.32. The number of aliphatic hydroxyl groups excluding tert-OH is 2. The van der Waals surface area contributed by atoms with Crippen LogP contribution in [0.1, 0.15) is 25.7 Å². The van der Waals surface area contributed by atoms with Crippen LogP contribution in [-0.4, -0.2) is 55.4 Å². The van der Waals surface area contributed by atoms with Gasteiger partial charge in [-0.15, -0.1) is 0 Å². The molecule has 2 heterocycles. The van der Waals surface area contributed by atoms with Crippen molar-refractivity contribution in [1.29, 1.82) is 0 Å². The average molecular weight is 642 g/mol. The lowest BCUT2D eigenvalue weighted by molar-refractivity contribution is 0.0314. The molecule has 0 saturated heterocycles. The number of nitrogen functional groups attached to an aromatic ring is 2. The number of aromatic nitrogens is 4. The molecule has 14 heteroatoms. The number of ether oxygens (including phenoxy) is 2. The number of hydrogen-bond acceptors (Lipinski definition) is 12. The van der Waals surface area contributed by atoms with Crippen molar-refractivity contribution < 1.29 is 19.7 Å². The predicted molar refractivity (Wildman–Crippen MR) is 170 cm³/mol. The fraction of sp³-hybridized carbons (Fsp3) is 0.333. The van der Waals surface area contributed by atoms with E-state index in [1.165, 1.54) is 12.4 Å². The maximum absolute atomic E-state index is 9.63. The van der Waals surface area contributed by atoms with Crippen molar-refractivity contribution in [1.82, 2.24) is 19.9 Å². The first-order valence-electron chi connectivity index (χ1n) is 14.2. The Bertz CT molecular complexity index is 1520. The normalized spacial score (nSPS) is 20.3. The van der Waals surface area contributed by atoms with Gasteiger partial charge in [0.15, 0.2) is 23.1 Å². The largest absolute Gasteiger partial charge is 0.452 e. The fourth-order valence-corrected chi connectivity index (χ4v) is 4.81. The zero-order valence-corrected chi connectivity index (χ0v) is 25.2. The second-order valence-corrected chi connectivity index (χ2v) is 11.5. The summed E-state index contributed by atoms with van der Waals surface area (Å²) in [7, 11) is 0. The molecule has 44 heavy (non-hydrogen) atoms. The van der Waals surface area contributed by atoms with Crippen LogP contribution in [0.2, 0.25) is 10.0 Å². The first-order chi connectivity index (χ1) is 21.2. The lowest BCUT2D eigenvalue weighted by atomic mass is 9.82. The van der Waals surface area contributed by atoms with Crippen LogP contribution in [0.5, 0.6) is 23.0 Å². The number of nitrogens with two attached hydrogens (primary N) is 2. The van der Waals surface area contributed by atoms with Crippen molar-refractivity contribution in [2.75, 3.05) is 35.2 Å². The van der Waals surface area contributed by atoms with E-state index in [0.29, 0.717) is 63.7 Å². The van der Waals surface area contributed by atoms with Crippen LogP contribution in [0.4, 0.5) is 23.5 Å². The van der Waals surface area contributed by atoms with E-state index < -0.39 is 0 Å². The van der Waals surface area contributed by atoms with Crippen LogP contribution >= 0.6 is 23.2 Å². The monoisotopic (exact) mass is 640 g/mol. The molecule has 2 aromatic heterocycles. The molecule has 0 radical (unpaired) electrons. The molecule has 2 aromatic carbocycles. The van der Waals surface area contributed by atoms with Crippen molar-refractivity contribution in [2.45, 2.75) is 37.9 Å². The number of nitrogens with one attached hydrogen (secondary N) is 2. The molecular weight excluding hydrogens is 607 g/mol. The first-order valence-corrected chi connectivity index (χ1v) is 14.9. The summed E-state index contributed by atoms with van der Waals surface area (Å²) in [5, 5.41) is 26.6. The van der Waals surface area contributed by atoms with Gasteiger partial charge in [-0.2, -0.15) is 9.97 Å². The summed E-state index contributed by atoms with van der Waals surface area (Å²) in [6.07, 6.45) is 6.11. The van der Waals surface area contributed by atoms with Gasteiger partial charge in [-0.1, -0.05) is 23.2 Å². The number of halogens is 2. The van der Waals surface area contributed by atoms with Crippen LogP contribution in [0.3, 0.4) is 0 Å². The molecule has 8 N–H and O–H groups in total. The van der Waals surface area contributed by atoms with Crippen LogP contribution in [0.25, 0.3) is 0 Å². The first kappa shape index (κ1) is 31.3. The molecule has 2 aliphatic carbocycles. The van der Waals surface area contributed by atoms with Crippen molar-refractivity contribution in [3.05, 3.63) is 71.0 Å². The van der Waals surface area contributed by atoms with E-state index in [1.54, 1.807) is 48.5 Å². The summed E-state index contributed by atoms with van der Waals surface area (Å²) in [6.45, 7) is 1.33. The molecule has 2 saturated carbocycles. The van der Waals surface area contributed by atoms with Gasteiger partial charge in [-0.05, 0) is 80.1 Å². The quantitative estimate of drug-likeness (QED) is 0.130. The van der Waals surface area contributed by atoms with Crippen LogP contribution < -0.4 is 31.6 Å². The van der Waals surface area contributed by atoms with E-state index in [0.717, 1.165) is 25.7 Å². The minimum atomic E-state index is -0.243. The second kappa shape index (κ2) is 14.6. The summed E-state index contributed by atoms with van der Waals surface area (Å²) >= 11 is 11.7. The van der Waals surface area contributed by atoms with Crippen molar-refractivity contribution in [3.63, 3.8) is 0 Å². The molecule has 0 amide bonds. The van der Waals surface area contributed by atoms with Gasteiger partial charge in [-0.25, -0.2) is 9.97 Å². The molecule has 2 unspecified atom stereocenters. The third-order valence-corrected chi connectivity index (χ3v) is 7.81. The predicted octanol–water partition coefficient (Wildman–Crippen LogP) is 5.37. The van der Waals surface area contributed by atoms with Crippen molar-refractivity contribution in [3.8, 4) is 23.0 Å². The number of nitrogens with zero attached hydrogens (tertiary/aromatic N) is 4. The van der Waals surface area contributed by atoms with Gasteiger partial charge in [0, 0.05) is 29.1 Å². The molecule has 0 spiro atoms. The Morgan fingerprint density at radius 2 is 1.20 bits per heavy atom. The molecule has 0 bridgehead atoms. The maximum Gasteiger partial charge on any atom is 0.222 e. The summed E-state index contributed by atoms with van der Waals surface area (Å²) in [5.41, 5.74) is 11.3. The standard InChI is InChI=1S/2C15H17ClN4O2/c16-10-2-4-11(5-3-10)22-13-8-19-15(17)20-14(13)18-7-9-1-6-12(9)21;16-10-1-3-12(4-2-10)22-13-8-19-15(17)20-14(13)18-7-9-5-11(21)6-9/h2-5,8-9,12,21H,1,6-7H2,(H3,17,18,19,20);1-4,8-9,11,21H,5-7H2,(H3,17,18,19,20). The number of hydrogen-bond donors (Lipinski definition) is 6. The highest BCUT2D eigenvalue weighted by Gasteiger charge is 2.29. The van der Waals surface area contributed by atoms with Crippen LogP contribution in [0, 0.1) is 11.8 Å². The fourth-order valence-electron chi connectivity index (χ4n) is 4.56. The van der Waals surface area contributed by atoms with E-state index >= 15 is 0 Å². The minimum Gasteiger partial charge on any atom is -0.452 e. The highest BCUT2D eigenvalue weighted by molar-refractivity contribution is 6.30. The highest BCUT2D eigenvalue weighted by Crippen LogP contribution is 2.33. The van der Waals surface area contributed by atoms with E-state index in [9.17, 15) is 10.2 Å². The molecule has 2 atom stereocenters. The topological polar surface area (TPSA) is 187 Å². The molecule has 2 fully saturated rings. The van der Waals surface area contributed by atoms with E-state index in [4.69, 9.17) is 44.1 Å². The van der Waals surface area contributed by atoms with E-state index in [-0.39, 0.29) is 30.0 Å². The summed E-state index contributed by atoms with van der Waals surface area (Å²) < 4.78 is 11.5. The van der Waals surface area contributed by atoms with Gasteiger partial charge in [0.2, 0.25) is 11.9 Å². The van der Waals surface area contributed by atoms with Crippen LogP contribution in [-0.2, 0) is 0 Å². The Morgan fingerprint density at radius 1 is 0.727 bits per heavy atom. The Labute approximate surface area is 264 Å². The molecule has 4 aromatic rings. The Kier molecular flexibility index (Phi) is 10.4. The molecule has 0 aliphatic heterocycles.